The first-order valence-electron chi connectivity index (χ1n) is 9.48. The van der Waals surface area contributed by atoms with E-state index in [4.69, 9.17) is 4.74 Å². The molecule has 0 saturated heterocycles. The maximum Gasteiger partial charge on any atom is 0.127 e. The van der Waals surface area contributed by atoms with E-state index in [9.17, 15) is 9.50 Å². The largest absolute Gasteiger partial charge is 0.508 e. The molecule has 1 aliphatic carbocycles. The molecular formula is C24H27FNO2. The Morgan fingerprint density at radius 3 is 2.39 bits per heavy atom. The number of likely N-dealkylation sites (N-methyl/N-ethyl adjacent to an activating group) is 1. The third-order valence-electron chi connectivity index (χ3n) is 4.70. The Kier molecular flexibility index (Phi) is 6.20. The highest BCUT2D eigenvalue weighted by atomic mass is 19.1. The van der Waals surface area contributed by atoms with E-state index in [1.165, 1.54) is 17.5 Å². The van der Waals surface area contributed by atoms with Crippen LogP contribution < -0.4 is 4.74 Å². The van der Waals surface area contributed by atoms with Crippen molar-refractivity contribution in [2.45, 2.75) is 20.3 Å². The summed E-state index contributed by atoms with van der Waals surface area (Å²) in [6.45, 7) is 5.34. The Balaban J connectivity index is 2.07. The number of ether oxygens (including phenoxy) is 1. The molecule has 2 aromatic carbocycles. The summed E-state index contributed by atoms with van der Waals surface area (Å²) in [6.07, 6.45) is 3.47. The molecule has 1 aliphatic rings. The molecule has 147 valence electrons. The number of aliphatic hydroxyl groups excluding tert-OH is 1. The SMILES string of the molecule is Cc1cc(C)cc(-c2ccc(OCCN(C)C)c(C3=C(F)[CH]CC=C3O)c2)c1. The van der Waals surface area contributed by atoms with Crippen LogP contribution in [-0.2, 0) is 0 Å². The Morgan fingerprint density at radius 1 is 1.04 bits per heavy atom. The summed E-state index contributed by atoms with van der Waals surface area (Å²) in [7, 11) is 3.95. The van der Waals surface area contributed by atoms with Gasteiger partial charge in [0.25, 0.3) is 0 Å². The molecule has 1 N–H and O–H groups in total. The molecule has 0 aliphatic heterocycles. The average Bonchev–Trinajstić information content (AvgIpc) is 2.61. The summed E-state index contributed by atoms with van der Waals surface area (Å²) in [6, 6.07) is 12.1. The van der Waals surface area contributed by atoms with Crippen LogP contribution >= 0.6 is 0 Å². The predicted octanol–water partition coefficient (Wildman–Crippen LogP) is 5.64. The number of benzene rings is 2. The van der Waals surface area contributed by atoms with E-state index in [-0.39, 0.29) is 11.3 Å². The van der Waals surface area contributed by atoms with Crippen LogP contribution in [0.3, 0.4) is 0 Å². The van der Waals surface area contributed by atoms with Gasteiger partial charge in [-0.15, -0.1) is 0 Å². The summed E-state index contributed by atoms with van der Waals surface area (Å²) in [5.74, 6) is 0.0976. The third-order valence-corrected chi connectivity index (χ3v) is 4.70. The zero-order chi connectivity index (χ0) is 20.3. The normalized spacial score (nSPS) is 14.4. The maximum atomic E-state index is 14.6. The van der Waals surface area contributed by atoms with Crippen molar-refractivity contribution < 1.29 is 14.2 Å². The summed E-state index contributed by atoms with van der Waals surface area (Å²) < 4.78 is 20.6. The monoisotopic (exact) mass is 380 g/mol. The number of hydrogen-bond donors (Lipinski definition) is 1. The van der Waals surface area contributed by atoms with Crippen LogP contribution in [0.1, 0.15) is 23.1 Å². The first kappa shape index (κ1) is 20.2. The van der Waals surface area contributed by atoms with Gasteiger partial charge in [-0.3, -0.25) is 0 Å². The standard InChI is InChI=1S/C24H27FNO2/c1-16-12-17(2)14-19(13-16)18-8-9-23(28-11-10-26(3)4)20(15-18)24-21(25)6-5-7-22(24)27/h6-9,12-15,27H,5,10-11H2,1-4H3. The van der Waals surface area contributed by atoms with E-state index in [1.807, 2.05) is 37.2 Å². The number of allylic oxidation sites excluding steroid dienone is 3. The Bertz CT molecular complexity index is 908. The van der Waals surface area contributed by atoms with Gasteiger partial charge < -0.3 is 14.7 Å². The summed E-state index contributed by atoms with van der Waals surface area (Å²) >= 11 is 0. The highest BCUT2D eigenvalue weighted by molar-refractivity contribution is 5.86. The quantitative estimate of drug-likeness (QED) is 0.704. The number of aryl methyl sites for hydroxylation is 2. The lowest BCUT2D eigenvalue weighted by molar-refractivity contribution is 0.260. The van der Waals surface area contributed by atoms with Crippen LogP contribution in [0.5, 0.6) is 5.75 Å². The molecule has 0 aromatic heterocycles. The minimum Gasteiger partial charge on any atom is -0.508 e. The maximum absolute atomic E-state index is 14.6. The van der Waals surface area contributed by atoms with Gasteiger partial charge in [-0.2, -0.15) is 0 Å². The second-order valence-electron chi connectivity index (χ2n) is 7.49. The second kappa shape index (κ2) is 8.61. The highest BCUT2D eigenvalue weighted by Crippen LogP contribution is 2.39. The smallest absolute Gasteiger partial charge is 0.127 e. The van der Waals surface area contributed by atoms with Crippen LogP contribution in [0.15, 0.2) is 54.1 Å². The second-order valence-corrected chi connectivity index (χ2v) is 7.49. The van der Waals surface area contributed by atoms with Crippen molar-refractivity contribution in [2.75, 3.05) is 27.2 Å². The van der Waals surface area contributed by atoms with Gasteiger partial charge in [0, 0.05) is 18.5 Å². The van der Waals surface area contributed by atoms with Crippen molar-refractivity contribution in [2.24, 2.45) is 0 Å². The summed E-state index contributed by atoms with van der Waals surface area (Å²) in [5, 5.41) is 10.4. The number of halogens is 1. The molecule has 0 amide bonds. The molecule has 4 heteroatoms. The van der Waals surface area contributed by atoms with Gasteiger partial charge in [0.1, 0.15) is 23.9 Å². The lowest BCUT2D eigenvalue weighted by Gasteiger charge is -2.19. The molecular weight excluding hydrogens is 353 g/mol. The lowest BCUT2D eigenvalue weighted by Crippen LogP contribution is -2.19. The van der Waals surface area contributed by atoms with Crippen LogP contribution in [0.25, 0.3) is 16.7 Å². The number of rotatable bonds is 6. The average molecular weight is 380 g/mol. The molecule has 1 radical (unpaired) electrons. The lowest BCUT2D eigenvalue weighted by atomic mass is 9.92. The Morgan fingerprint density at radius 2 is 1.75 bits per heavy atom. The summed E-state index contributed by atoms with van der Waals surface area (Å²) in [5.41, 5.74) is 5.11. The van der Waals surface area contributed by atoms with Gasteiger partial charge in [0.2, 0.25) is 0 Å². The number of nitrogens with zero attached hydrogens (tertiary/aromatic N) is 1. The fourth-order valence-corrected chi connectivity index (χ4v) is 3.38. The summed E-state index contributed by atoms with van der Waals surface area (Å²) in [4.78, 5) is 2.02. The molecule has 3 rings (SSSR count). The minimum absolute atomic E-state index is 0.0463. The molecule has 3 nitrogen and oxygen atoms in total. The molecule has 0 atom stereocenters. The van der Waals surface area contributed by atoms with Gasteiger partial charge in [-0.05, 0) is 63.7 Å². The van der Waals surface area contributed by atoms with E-state index < -0.39 is 5.83 Å². The first-order valence-corrected chi connectivity index (χ1v) is 9.48. The fourth-order valence-electron chi connectivity index (χ4n) is 3.38. The molecule has 0 spiro atoms. The van der Waals surface area contributed by atoms with Crippen LogP contribution in [0, 0.1) is 20.3 Å². The van der Waals surface area contributed by atoms with Gasteiger partial charge in [-0.25, -0.2) is 4.39 Å². The predicted molar refractivity (Wildman–Crippen MR) is 113 cm³/mol. The van der Waals surface area contributed by atoms with Crippen LogP contribution in [-0.4, -0.2) is 37.3 Å². The van der Waals surface area contributed by atoms with Gasteiger partial charge in [0.05, 0.1) is 5.57 Å². The van der Waals surface area contributed by atoms with Crippen molar-refractivity contribution in [3.63, 3.8) is 0 Å². The zero-order valence-corrected chi connectivity index (χ0v) is 16.9. The van der Waals surface area contributed by atoms with E-state index in [0.29, 0.717) is 24.3 Å². The number of aliphatic hydroxyl groups is 1. The number of hydrogen-bond acceptors (Lipinski definition) is 3. The first-order chi connectivity index (χ1) is 13.3. The highest BCUT2D eigenvalue weighted by Gasteiger charge is 2.22. The van der Waals surface area contributed by atoms with E-state index in [1.54, 1.807) is 6.08 Å². The van der Waals surface area contributed by atoms with Gasteiger partial charge in [-0.1, -0.05) is 35.4 Å². The molecule has 0 bridgehead atoms. The Labute approximate surface area is 166 Å². The minimum atomic E-state index is -0.421. The van der Waals surface area contributed by atoms with Crippen LogP contribution in [0.4, 0.5) is 4.39 Å². The molecule has 28 heavy (non-hydrogen) atoms. The van der Waals surface area contributed by atoms with Crippen LogP contribution in [0.2, 0.25) is 0 Å². The van der Waals surface area contributed by atoms with E-state index in [2.05, 4.69) is 32.0 Å². The van der Waals surface area contributed by atoms with E-state index >= 15 is 0 Å². The van der Waals surface area contributed by atoms with Crippen molar-refractivity contribution in [3.05, 3.63) is 77.2 Å². The molecule has 0 unspecified atom stereocenters. The fraction of sp³-hybridized carbons (Fsp3) is 0.292. The van der Waals surface area contributed by atoms with Gasteiger partial charge in [0.15, 0.2) is 0 Å². The topological polar surface area (TPSA) is 32.7 Å². The molecule has 0 saturated carbocycles. The Hall–Kier alpha value is -2.59. The van der Waals surface area contributed by atoms with Gasteiger partial charge >= 0.3 is 0 Å². The van der Waals surface area contributed by atoms with Crippen molar-refractivity contribution in [1.29, 1.82) is 0 Å². The molecule has 0 fully saturated rings. The zero-order valence-electron chi connectivity index (χ0n) is 16.9. The molecule has 0 heterocycles. The van der Waals surface area contributed by atoms with Crippen molar-refractivity contribution in [1.82, 2.24) is 4.90 Å². The van der Waals surface area contributed by atoms with Crippen molar-refractivity contribution in [3.8, 4) is 16.9 Å². The molecule has 2 aromatic rings. The van der Waals surface area contributed by atoms with E-state index in [0.717, 1.165) is 17.7 Å². The third kappa shape index (κ3) is 4.63. The van der Waals surface area contributed by atoms with Crippen molar-refractivity contribution >= 4 is 5.57 Å².